The van der Waals surface area contributed by atoms with Gasteiger partial charge in [0.05, 0.1) is 11.6 Å². The number of carbonyl (C=O) groups excluding carboxylic acids is 1. The van der Waals surface area contributed by atoms with Gasteiger partial charge in [0.25, 0.3) is 0 Å². The molecule has 0 aliphatic heterocycles. The second-order valence-electron chi connectivity index (χ2n) is 4.22. The molecule has 0 fully saturated rings. The maximum atomic E-state index is 10.9. The highest BCUT2D eigenvalue weighted by Gasteiger charge is 2.01. The third kappa shape index (κ3) is 3.84. The van der Waals surface area contributed by atoms with Crippen molar-refractivity contribution in [3.63, 3.8) is 0 Å². The molecule has 0 aliphatic rings. The van der Waals surface area contributed by atoms with Crippen molar-refractivity contribution in [3.05, 3.63) is 52.5 Å². The van der Waals surface area contributed by atoms with Crippen molar-refractivity contribution in [2.45, 2.75) is 6.92 Å². The minimum Gasteiger partial charge on any atom is -0.355 e. The highest BCUT2D eigenvalue weighted by molar-refractivity contribution is 9.10. The number of nitriles is 1. The van der Waals surface area contributed by atoms with Crippen LogP contribution in [0.2, 0.25) is 0 Å². The van der Waals surface area contributed by atoms with Crippen LogP contribution < -0.4 is 10.6 Å². The lowest BCUT2D eigenvalue weighted by atomic mass is 10.2. The van der Waals surface area contributed by atoms with Gasteiger partial charge in [-0.25, -0.2) is 0 Å². The van der Waals surface area contributed by atoms with Crippen molar-refractivity contribution in [1.82, 2.24) is 0 Å². The second-order valence-corrected chi connectivity index (χ2v) is 5.14. The van der Waals surface area contributed by atoms with Crippen LogP contribution in [0.4, 0.5) is 17.1 Å². The summed E-state index contributed by atoms with van der Waals surface area (Å²) in [7, 11) is 0. The molecule has 2 aromatic carbocycles. The van der Waals surface area contributed by atoms with Crippen LogP contribution in [0, 0.1) is 11.3 Å². The van der Waals surface area contributed by atoms with Gasteiger partial charge in [0, 0.05) is 28.5 Å². The third-order valence-electron chi connectivity index (χ3n) is 2.52. The van der Waals surface area contributed by atoms with Gasteiger partial charge in [-0.05, 0) is 42.5 Å². The largest absolute Gasteiger partial charge is 0.355 e. The van der Waals surface area contributed by atoms with Gasteiger partial charge >= 0.3 is 0 Å². The van der Waals surface area contributed by atoms with Crippen LogP contribution in [-0.2, 0) is 4.79 Å². The Morgan fingerprint density at radius 1 is 1.10 bits per heavy atom. The molecule has 0 atom stereocenters. The molecule has 2 aromatic rings. The van der Waals surface area contributed by atoms with E-state index in [4.69, 9.17) is 5.26 Å². The third-order valence-corrected chi connectivity index (χ3v) is 2.98. The zero-order valence-electron chi connectivity index (χ0n) is 10.8. The van der Waals surface area contributed by atoms with E-state index in [1.54, 1.807) is 12.1 Å². The molecular weight excluding hydrogens is 318 g/mol. The molecule has 0 saturated heterocycles. The normalized spacial score (nSPS) is 9.65. The summed E-state index contributed by atoms with van der Waals surface area (Å²) in [4.78, 5) is 10.9. The van der Waals surface area contributed by atoms with E-state index in [9.17, 15) is 4.79 Å². The fourth-order valence-electron chi connectivity index (χ4n) is 1.73. The zero-order chi connectivity index (χ0) is 14.5. The minimum atomic E-state index is -0.101. The maximum Gasteiger partial charge on any atom is 0.221 e. The molecule has 100 valence electrons. The topological polar surface area (TPSA) is 64.9 Å². The van der Waals surface area contributed by atoms with E-state index in [-0.39, 0.29) is 5.91 Å². The fourth-order valence-corrected chi connectivity index (χ4v) is 2.23. The Hall–Kier alpha value is -2.32. The molecular formula is C15H12BrN3O. The van der Waals surface area contributed by atoms with E-state index < -0.39 is 0 Å². The number of rotatable bonds is 3. The van der Waals surface area contributed by atoms with E-state index in [0.29, 0.717) is 5.56 Å². The summed E-state index contributed by atoms with van der Waals surface area (Å²) in [5.41, 5.74) is 3.02. The highest BCUT2D eigenvalue weighted by atomic mass is 79.9. The van der Waals surface area contributed by atoms with E-state index in [1.807, 2.05) is 30.3 Å². The van der Waals surface area contributed by atoms with Crippen LogP contribution in [0.3, 0.4) is 0 Å². The molecule has 0 unspecified atom stereocenters. The molecule has 0 bridgehead atoms. The number of hydrogen-bond acceptors (Lipinski definition) is 3. The number of benzene rings is 2. The van der Waals surface area contributed by atoms with E-state index in [1.165, 1.54) is 6.92 Å². The summed E-state index contributed by atoms with van der Waals surface area (Å²) < 4.78 is 0.842. The molecule has 0 aliphatic carbocycles. The average molecular weight is 330 g/mol. The summed E-state index contributed by atoms with van der Waals surface area (Å²) in [6.45, 7) is 1.47. The predicted octanol–water partition coefficient (Wildman–Crippen LogP) is 4.02. The Balaban J connectivity index is 2.16. The maximum absolute atomic E-state index is 10.9. The summed E-state index contributed by atoms with van der Waals surface area (Å²) >= 11 is 3.37. The van der Waals surface area contributed by atoms with Crippen LogP contribution >= 0.6 is 15.9 Å². The van der Waals surface area contributed by atoms with Gasteiger partial charge in [0.2, 0.25) is 5.91 Å². The van der Waals surface area contributed by atoms with Crippen LogP contribution in [0.25, 0.3) is 0 Å². The van der Waals surface area contributed by atoms with Gasteiger partial charge in [0.15, 0.2) is 0 Å². The van der Waals surface area contributed by atoms with Crippen molar-refractivity contribution < 1.29 is 4.79 Å². The lowest BCUT2D eigenvalue weighted by Gasteiger charge is -2.09. The number of nitrogens with zero attached hydrogens (tertiary/aromatic N) is 1. The first-order chi connectivity index (χ1) is 9.56. The Morgan fingerprint density at radius 3 is 2.35 bits per heavy atom. The number of hydrogen-bond donors (Lipinski definition) is 2. The molecule has 0 heterocycles. The van der Waals surface area contributed by atoms with Crippen molar-refractivity contribution in [2.75, 3.05) is 10.6 Å². The van der Waals surface area contributed by atoms with Crippen molar-refractivity contribution in [2.24, 2.45) is 0 Å². The van der Waals surface area contributed by atoms with Gasteiger partial charge in [-0.1, -0.05) is 15.9 Å². The van der Waals surface area contributed by atoms with Gasteiger partial charge in [-0.3, -0.25) is 4.79 Å². The SMILES string of the molecule is CC(=O)Nc1ccc(Nc2cc(Br)cc(C#N)c2)cc1. The molecule has 20 heavy (non-hydrogen) atoms. The standard InChI is InChI=1S/C15H12BrN3O/c1-10(20)18-13-2-4-14(5-3-13)19-15-7-11(9-17)6-12(16)8-15/h2-8,19H,1H3,(H,18,20). The van der Waals surface area contributed by atoms with Crippen LogP contribution in [0.1, 0.15) is 12.5 Å². The zero-order valence-corrected chi connectivity index (χ0v) is 12.4. The van der Waals surface area contributed by atoms with E-state index >= 15 is 0 Å². The Labute approximate surface area is 125 Å². The van der Waals surface area contributed by atoms with Crippen molar-refractivity contribution in [3.8, 4) is 6.07 Å². The van der Waals surface area contributed by atoms with Crippen LogP contribution in [-0.4, -0.2) is 5.91 Å². The number of nitrogens with one attached hydrogen (secondary N) is 2. The van der Waals surface area contributed by atoms with Crippen LogP contribution in [0.5, 0.6) is 0 Å². The number of anilines is 3. The van der Waals surface area contributed by atoms with Crippen molar-refractivity contribution >= 4 is 38.9 Å². The molecule has 4 nitrogen and oxygen atoms in total. The fraction of sp³-hybridized carbons (Fsp3) is 0.0667. The monoisotopic (exact) mass is 329 g/mol. The van der Waals surface area contributed by atoms with E-state index in [0.717, 1.165) is 21.5 Å². The Bertz CT molecular complexity index is 675. The molecule has 2 rings (SSSR count). The molecule has 1 amide bonds. The van der Waals surface area contributed by atoms with Gasteiger partial charge in [-0.15, -0.1) is 0 Å². The van der Waals surface area contributed by atoms with Crippen LogP contribution in [0.15, 0.2) is 46.9 Å². The second kappa shape index (κ2) is 6.22. The number of halogens is 1. The summed E-state index contributed by atoms with van der Waals surface area (Å²) in [5.74, 6) is -0.101. The molecule has 0 aromatic heterocycles. The Morgan fingerprint density at radius 2 is 1.75 bits per heavy atom. The average Bonchev–Trinajstić information content (AvgIpc) is 2.39. The summed E-state index contributed by atoms with van der Waals surface area (Å²) in [6, 6.07) is 14.9. The highest BCUT2D eigenvalue weighted by Crippen LogP contribution is 2.23. The lowest BCUT2D eigenvalue weighted by molar-refractivity contribution is -0.114. The van der Waals surface area contributed by atoms with E-state index in [2.05, 4.69) is 32.6 Å². The Kier molecular flexibility index (Phi) is 4.38. The first kappa shape index (κ1) is 14.1. The smallest absolute Gasteiger partial charge is 0.221 e. The molecule has 0 saturated carbocycles. The molecule has 2 N–H and O–H groups in total. The summed E-state index contributed by atoms with van der Waals surface area (Å²) in [6.07, 6.45) is 0. The molecule has 5 heteroatoms. The minimum absolute atomic E-state index is 0.101. The lowest BCUT2D eigenvalue weighted by Crippen LogP contribution is -2.05. The predicted molar refractivity (Wildman–Crippen MR) is 82.9 cm³/mol. The van der Waals surface area contributed by atoms with Crippen molar-refractivity contribution in [1.29, 1.82) is 5.26 Å². The van der Waals surface area contributed by atoms with Gasteiger partial charge in [0.1, 0.15) is 0 Å². The first-order valence-electron chi connectivity index (χ1n) is 5.92. The molecule has 0 radical (unpaired) electrons. The quantitative estimate of drug-likeness (QED) is 0.893. The summed E-state index contributed by atoms with van der Waals surface area (Å²) in [5, 5.41) is 14.8. The van der Waals surface area contributed by atoms with Gasteiger partial charge in [-0.2, -0.15) is 5.26 Å². The number of amides is 1. The number of carbonyl (C=O) groups is 1. The molecule has 0 spiro atoms. The van der Waals surface area contributed by atoms with Gasteiger partial charge < -0.3 is 10.6 Å². The first-order valence-corrected chi connectivity index (χ1v) is 6.71.